The molecule has 126 valence electrons. The average Bonchev–Trinajstić information content (AvgIpc) is 2.47. The minimum Gasteiger partial charge on any atom is -0.481 e. The van der Waals surface area contributed by atoms with Crippen LogP contribution < -0.4 is 0 Å². The molecule has 0 fully saturated rings. The van der Waals surface area contributed by atoms with Crippen molar-refractivity contribution in [3.05, 3.63) is 24.3 Å². The number of carboxylic acid groups (broad SMARTS) is 2. The largest absolute Gasteiger partial charge is 0.481 e. The number of hydrogen-bond acceptors (Lipinski definition) is 2. The van der Waals surface area contributed by atoms with Gasteiger partial charge in [-0.05, 0) is 25.7 Å². The molecule has 0 aliphatic carbocycles. The molecule has 0 aromatic heterocycles. The summed E-state index contributed by atoms with van der Waals surface area (Å²) < 4.78 is 0. The number of carboxylic acids is 2. The Labute approximate surface area is 133 Å². The molecule has 0 aromatic carbocycles. The molecule has 0 saturated heterocycles. The molecular formula is C18H30O4. The van der Waals surface area contributed by atoms with Gasteiger partial charge in [0.1, 0.15) is 0 Å². The quantitative estimate of drug-likeness (QED) is 0.357. The summed E-state index contributed by atoms with van der Waals surface area (Å²) in [7, 11) is 0. The first-order valence-electron chi connectivity index (χ1n) is 8.35. The van der Waals surface area contributed by atoms with E-state index in [1.165, 1.54) is 0 Å². The minimum atomic E-state index is -0.750. The molecule has 1 atom stereocenters. The van der Waals surface area contributed by atoms with Crippen LogP contribution in [0.25, 0.3) is 0 Å². The summed E-state index contributed by atoms with van der Waals surface area (Å²) in [6.45, 7) is 2.06. The van der Waals surface area contributed by atoms with Crippen LogP contribution in [0.15, 0.2) is 24.3 Å². The van der Waals surface area contributed by atoms with Gasteiger partial charge in [-0.1, -0.05) is 63.3 Å². The fourth-order valence-corrected chi connectivity index (χ4v) is 2.17. The molecule has 0 amide bonds. The molecule has 0 radical (unpaired) electrons. The first-order valence-corrected chi connectivity index (χ1v) is 8.35. The molecule has 0 rings (SSSR count). The zero-order valence-electron chi connectivity index (χ0n) is 13.7. The van der Waals surface area contributed by atoms with E-state index in [9.17, 15) is 9.59 Å². The first kappa shape index (κ1) is 20.4. The van der Waals surface area contributed by atoms with Crippen LogP contribution in [0.4, 0.5) is 0 Å². The summed E-state index contributed by atoms with van der Waals surface area (Å²) in [5.74, 6) is -1.84. The van der Waals surface area contributed by atoms with E-state index in [1.807, 2.05) is 12.2 Å². The lowest BCUT2D eigenvalue weighted by Crippen LogP contribution is -2.10. The highest BCUT2D eigenvalue weighted by Crippen LogP contribution is 2.11. The molecular weight excluding hydrogens is 280 g/mol. The van der Waals surface area contributed by atoms with Crippen LogP contribution in [-0.4, -0.2) is 22.2 Å². The Morgan fingerprint density at radius 1 is 0.955 bits per heavy atom. The monoisotopic (exact) mass is 310 g/mol. The van der Waals surface area contributed by atoms with Gasteiger partial charge in [0.05, 0.1) is 5.92 Å². The van der Waals surface area contributed by atoms with Crippen LogP contribution >= 0.6 is 0 Å². The van der Waals surface area contributed by atoms with E-state index >= 15 is 0 Å². The zero-order chi connectivity index (χ0) is 16.6. The normalized spacial score (nSPS) is 13.0. The predicted octanol–water partition coefficient (Wildman–Crippen LogP) is 4.81. The molecule has 0 aromatic rings. The van der Waals surface area contributed by atoms with E-state index in [2.05, 4.69) is 13.0 Å². The van der Waals surface area contributed by atoms with E-state index in [0.29, 0.717) is 6.42 Å². The van der Waals surface area contributed by atoms with Gasteiger partial charge in [-0.3, -0.25) is 9.59 Å². The summed E-state index contributed by atoms with van der Waals surface area (Å²) in [5, 5.41) is 17.6. The zero-order valence-corrected chi connectivity index (χ0v) is 13.7. The third-order valence-corrected chi connectivity index (χ3v) is 3.54. The second kappa shape index (κ2) is 14.4. The standard InChI is InChI=1S/C18H30O4/c1-2-3-13-16(18(21)22)14-11-9-7-5-4-6-8-10-12-15-17(19)20/h7,9,11,14,16H,2-6,8,10,12-13,15H2,1H3,(H,19,20)(H,21,22)/b9-7+,14-11+. The Bertz CT molecular complexity index is 358. The lowest BCUT2D eigenvalue weighted by Gasteiger charge is -2.04. The number of aliphatic carboxylic acids is 2. The fourth-order valence-electron chi connectivity index (χ4n) is 2.17. The summed E-state index contributed by atoms with van der Waals surface area (Å²) in [4.78, 5) is 21.4. The van der Waals surface area contributed by atoms with Gasteiger partial charge in [0.25, 0.3) is 0 Å². The van der Waals surface area contributed by atoms with Crippen molar-refractivity contribution in [2.24, 2.45) is 5.92 Å². The number of allylic oxidation sites excluding steroid dienone is 3. The number of unbranched alkanes of at least 4 members (excludes halogenated alkanes) is 6. The molecule has 1 unspecified atom stereocenters. The maximum Gasteiger partial charge on any atom is 0.310 e. The van der Waals surface area contributed by atoms with Gasteiger partial charge < -0.3 is 10.2 Å². The van der Waals surface area contributed by atoms with Crippen molar-refractivity contribution >= 4 is 11.9 Å². The van der Waals surface area contributed by atoms with Gasteiger partial charge >= 0.3 is 11.9 Å². The van der Waals surface area contributed by atoms with E-state index in [-0.39, 0.29) is 12.3 Å². The van der Waals surface area contributed by atoms with Gasteiger partial charge in [0, 0.05) is 6.42 Å². The van der Waals surface area contributed by atoms with E-state index in [0.717, 1.165) is 51.4 Å². The van der Waals surface area contributed by atoms with Gasteiger partial charge in [0.2, 0.25) is 0 Å². The van der Waals surface area contributed by atoms with E-state index < -0.39 is 11.9 Å². The highest BCUT2D eigenvalue weighted by atomic mass is 16.4. The Morgan fingerprint density at radius 2 is 1.64 bits per heavy atom. The lowest BCUT2D eigenvalue weighted by molar-refractivity contribution is -0.140. The van der Waals surface area contributed by atoms with Gasteiger partial charge in [0.15, 0.2) is 0 Å². The molecule has 0 heterocycles. The van der Waals surface area contributed by atoms with Crippen molar-refractivity contribution in [2.75, 3.05) is 0 Å². The average molecular weight is 310 g/mol. The molecule has 0 aliphatic heterocycles. The number of hydrogen-bond donors (Lipinski definition) is 2. The SMILES string of the molecule is CCCCC(/C=C/C=C/CCCCCCCC(=O)O)C(=O)O. The van der Waals surface area contributed by atoms with Crippen molar-refractivity contribution in [3.8, 4) is 0 Å². The Balaban J connectivity index is 3.65. The van der Waals surface area contributed by atoms with Crippen LogP contribution in [0.5, 0.6) is 0 Å². The predicted molar refractivity (Wildman–Crippen MR) is 88.9 cm³/mol. The maximum atomic E-state index is 11.0. The number of carbonyl (C=O) groups is 2. The first-order chi connectivity index (χ1) is 10.6. The Morgan fingerprint density at radius 3 is 2.27 bits per heavy atom. The van der Waals surface area contributed by atoms with E-state index in [1.54, 1.807) is 6.08 Å². The molecule has 22 heavy (non-hydrogen) atoms. The molecule has 0 saturated carbocycles. The smallest absolute Gasteiger partial charge is 0.310 e. The van der Waals surface area contributed by atoms with Gasteiger partial charge in [-0.2, -0.15) is 0 Å². The molecule has 2 N–H and O–H groups in total. The molecule has 0 bridgehead atoms. The van der Waals surface area contributed by atoms with Crippen LogP contribution in [-0.2, 0) is 9.59 Å². The molecule has 4 nitrogen and oxygen atoms in total. The highest BCUT2D eigenvalue weighted by Gasteiger charge is 2.11. The highest BCUT2D eigenvalue weighted by molar-refractivity contribution is 5.72. The summed E-state index contributed by atoms with van der Waals surface area (Å²) in [6, 6.07) is 0. The molecule has 0 aliphatic rings. The fraction of sp³-hybridized carbons (Fsp3) is 0.667. The summed E-state index contributed by atoms with van der Waals surface area (Å²) in [6.07, 6.45) is 16.5. The van der Waals surface area contributed by atoms with Crippen molar-refractivity contribution in [3.63, 3.8) is 0 Å². The molecule has 0 spiro atoms. The van der Waals surface area contributed by atoms with Crippen LogP contribution in [0, 0.1) is 5.92 Å². The maximum absolute atomic E-state index is 11.0. The van der Waals surface area contributed by atoms with Gasteiger partial charge in [-0.25, -0.2) is 0 Å². The van der Waals surface area contributed by atoms with Crippen LogP contribution in [0.3, 0.4) is 0 Å². The Kier molecular flexibility index (Phi) is 13.3. The topological polar surface area (TPSA) is 74.6 Å². The third-order valence-electron chi connectivity index (χ3n) is 3.54. The summed E-state index contributed by atoms with van der Waals surface area (Å²) in [5.41, 5.74) is 0. The molecule has 4 heteroatoms. The van der Waals surface area contributed by atoms with Crippen molar-refractivity contribution < 1.29 is 19.8 Å². The minimum absolute atomic E-state index is 0.271. The van der Waals surface area contributed by atoms with Crippen LogP contribution in [0.1, 0.15) is 71.1 Å². The van der Waals surface area contributed by atoms with Crippen molar-refractivity contribution in [1.29, 1.82) is 0 Å². The van der Waals surface area contributed by atoms with E-state index in [4.69, 9.17) is 10.2 Å². The second-order valence-electron chi connectivity index (χ2n) is 5.60. The Hall–Kier alpha value is -1.58. The van der Waals surface area contributed by atoms with Crippen molar-refractivity contribution in [2.45, 2.75) is 71.1 Å². The lowest BCUT2D eigenvalue weighted by atomic mass is 10.0. The summed E-state index contributed by atoms with van der Waals surface area (Å²) >= 11 is 0. The van der Waals surface area contributed by atoms with Gasteiger partial charge in [-0.15, -0.1) is 0 Å². The van der Waals surface area contributed by atoms with Crippen LogP contribution in [0.2, 0.25) is 0 Å². The third kappa shape index (κ3) is 13.4. The number of rotatable bonds is 14. The van der Waals surface area contributed by atoms with Crippen molar-refractivity contribution in [1.82, 2.24) is 0 Å². The second-order valence-corrected chi connectivity index (χ2v) is 5.60.